The van der Waals surface area contributed by atoms with Crippen LogP contribution in [0, 0.1) is 0 Å². The molecule has 1 amide bonds. The number of nitrogens with one attached hydrogen (secondary N) is 2. The predicted octanol–water partition coefficient (Wildman–Crippen LogP) is 3.40. The smallest absolute Gasteiger partial charge is 0.407 e. The van der Waals surface area contributed by atoms with Gasteiger partial charge in [0, 0.05) is 37.9 Å². The first-order valence-corrected chi connectivity index (χ1v) is 11.7. The van der Waals surface area contributed by atoms with Crippen molar-refractivity contribution in [1.82, 2.24) is 20.3 Å². The summed E-state index contributed by atoms with van der Waals surface area (Å²) < 4.78 is 10.4. The van der Waals surface area contributed by atoms with E-state index in [1.165, 1.54) is 0 Å². The molecule has 3 heterocycles. The second-order valence-electron chi connectivity index (χ2n) is 9.06. The number of ether oxygens (including phenoxy) is 2. The maximum atomic E-state index is 12.2. The molecule has 1 unspecified atom stereocenters. The van der Waals surface area contributed by atoms with E-state index >= 15 is 0 Å². The van der Waals surface area contributed by atoms with Gasteiger partial charge in [0.2, 0.25) is 0 Å². The minimum Gasteiger partial charge on any atom is -0.466 e. The Labute approximate surface area is 200 Å². The van der Waals surface area contributed by atoms with Crippen molar-refractivity contribution in [1.29, 1.82) is 0 Å². The number of nitrogens with zero attached hydrogens (tertiary/aromatic N) is 4. The van der Waals surface area contributed by atoms with Crippen LogP contribution in [0.3, 0.4) is 0 Å². The van der Waals surface area contributed by atoms with Gasteiger partial charge in [-0.15, -0.1) is 0 Å². The van der Waals surface area contributed by atoms with E-state index in [-0.39, 0.29) is 18.4 Å². The molecule has 0 saturated carbocycles. The second-order valence-corrected chi connectivity index (χ2v) is 9.06. The highest BCUT2D eigenvalue weighted by Crippen LogP contribution is 2.24. The number of hydrogen-bond acceptors (Lipinski definition) is 9. The zero-order valence-electron chi connectivity index (χ0n) is 20.3. The fourth-order valence-electron chi connectivity index (χ4n) is 3.60. The Hall–Kier alpha value is -3.43. The minimum atomic E-state index is -0.549. The topological polar surface area (TPSA) is 119 Å². The summed E-state index contributed by atoms with van der Waals surface area (Å²) in [4.78, 5) is 39.8. The van der Waals surface area contributed by atoms with Gasteiger partial charge in [-0.2, -0.15) is 0 Å². The summed E-state index contributed by atoms with van der Waals surface area (Å²) in [5.74, 6) is 1.54. The Morgan fingerprint density at radius 1 is 1.24 bits per heavy atom. The molecule has 34 heavy (non-hydrogen) atoms. The van der Waals surface area contributed by atoms with Gasteiger partial charge >= 0.3 is 12.1 Å². The largest absolute Gasteiger partial charge is 0.466 e. The van der Waals surface area contributed by atoms with Crippen LogP contribution in [0.4, 0.5) is 16.4 Å². The quantitative estimate of drug-likeness (QED) is 0.560. The van der Waals surface area contributed by atoms with Gasteiger partial charge < -0.3 is 25.0 Å². The van der Waals surface area contributed by atoms with Gasteiger partial charge in [-0.1, -0.05) is 6.07 Å². The van der Waals surface area contributed by atoms with Gasteiger partial charge in [-0.25, -0.2) is 14.8 Å². The fraction of sp³-hybridized carbons (Fsp3) is 0.542. The summed E-state index contributed by atoms with van der Waals surface area (Å²) in [6.45, 7) is 9.45. The maximum absolute atomic E-state index is 12.2. The van der Waals surface area contributed by atoms with Crippen LogP contribution in [-0.4, -0.2) is 64.9 Å². The molecule has 184 valence electrons. The predicted molar refractivity (Wildman–Crippen MR) is 130 cm³/mol. The van der Waals surface area contributed by atoms with Crippen molar-refractivity contribution in [2.45, 2.75) is 58.6 Å². The third kappa shape index (κ3) is 7.86. The number of aromatic nitrogens is 3. The first kappa shape index (κ1) is 25.2. The zero-order chi connectivity index (χ0) is 24.6. The molecule has 1 aliphatic rings. The molecule has 2 N–H and O–H groups in total. The molecular weight excluding hydrogens is 436 g/mol. The molecule has 1 atom stereocenters. The molecule has 0 spiro atoms. The van der Waals surface area contributed by atoms with Gasteiger partial charge in [0.1, 0.15) is 22.9 Å². The monoisotopic (exact) mass is 470 g/mol. The van der Waals surface area contributed by atoms with Crippen molar-refractivity contribution >= 4 is 23.7 Å². The molecule has 1 aliphatic heterocycles. The van der Waals surface area contributed by atoms with Crippen molar-refractivity contribution in [2.24, 2.45) is 0 Å². The normalized spacial score (nSPS) is 16.0. The van der Waals surface area contributed by atoms with Crippen LogP contribution in [0.1, 0.15) is 47.0 Å². The van der Waals surface area contributed by atoms with Gasteiger partial charge in [0.05, 0.1) is 13.0 Å². The summed E-state index contributed by atoms with van der Waals surface area (Å²) in [7, 11) is 0. The molecular formula is C24H34N6O4. The highest BCUT2D eigenvalue weighted by atomic mass is 16.6. The van der Waals surface area contributed by atoms with Crippen molar-refractivity contribution in [3.63, 3.8) is 0 Å². The molecule has 2 aromatic rings. The number of carbonyl (C=O) groups excluding carboxylic acids is 2. The van der Waals surface area contributed by atoms with E-state index in [1.54, 1.807) is 13.1 Å². The summed E-state index contributed by atoms with van der Waals surface area (Å²) in [5, 5.41) is 6.17. The SMILES string of the molecule is CCOC(=O)CCNc1cc(N2CCCC(NC(=O)OC(C)(C)C)C2)nc(-c2ccccn2)n1. The first-order chi connectivity index (χ1) is 16.2. The Bertz CT molecular complexity index is 964. The number of amides is 1. The lowest BCUT2D eigenvalue weighted by Gasteiger charge is -2.34. The number of esters is 1. The Morgan fingerprint density at radius 2 is 2.06 bits per heavy atom. The van der Waals surface area contributed by atoms with Crippen LogP contribution in [0.5, 0.6) is 0 Å². The number of rotatable bonds is 8. The van der Waals surface area contributed by atoms with Crippen LogP contribution in [0.2, 0.25) is 0 Å². The van der Waals surface area contributed by atoms with E-state index in [9.17, 15) is 9.59 Å². The van der Waals surface area contributed by atoms with Crippen molar-refractivity contribution in [3.8, 4) is 11.5 Å². The molecule has 0 aliphatic carbocycles. The van der Waals surface area contributed by atoms with Crippen LogP contribution in [0.15, 0.2) is 30.5 Å². The highest BCUT2D eigenvalue weighted by Gasteiger charge is 2.25. The Morgan fingerprint density at radius 3 is 2.76 bits per heavy atom. The van der Waals surface area contributed by atoms with Crippen LogP contribution < -0.4 is 15.5 Å². The lowest BCUT2D eigenvalue weighted by Crippen LogP contribution is -2.49. The number of carbonyl (C=O) groups is 2. The van der Waals surface area contributed by atoms with Crippen molar-refractivity contribution in [2.75, 3.05) is 36.5 Å². The van der Waals surface area contributed by atoms with E-state index < -0.39 is 11.7 Å². The van der Waals surface area contributed by atoms with E-state index in [0.29, 0.717) is 37.0 Å². The number of pyridine rings is 1. The van der Waals surface area contributed by atoms with Crippen LogP contribution in [-0.2, 0) is 14.3 Å². The van der Waals surface area contributed by atoms with Gasteiger partial charge in [0.15, 0.2) is 5.82 Å². The number of anilines is 2. The summed E-state index contributed by atoms with van der Waals surface area (Å²) in [5.41, 5.74) is 0.102. The summed E-state index contributed by atoms with van der Waals surface area (Å²) >= 11 is 0. The van der Waals surface area contributed by atoms with E-state index in [0.717, 1.165) is 25.2 Å². The third-order valence-electron chi connectivity index (χ3n) is 5.01. The molecule has 0 aromatic carbocycles. The molecule has 1 saturated heterocycles. The molecule has 0 radical (unpaired) electrons. The molecule has 10 nitrogen and oxygen atoms in total. The molecule has 3 rings (SSSR count). The fourth-order valence-corrected chi connectivity index (χ4v) is 3.60. The molecule has 2 aromatic heterocycles. The first-order valence-electron chi connectivity index (χ1n) is 11.7. The average molecular weight is 471 g/mol. The Balaban J connectivity index is 1.76. The van der Waals surface area contributed by atoms with E-state index in [1.807, 2.05) is 45.0 Å². The number of alkyl carbamates (subject to hydrolysis) is 1. The third-order valence-corrected chi connectivity index (χ3v) is 5.01. The molecule has 0 bridgehead atoms. The second kappa shape index (κ2) is 11.6. The van der Waals surface area contributed by atoms with Gasteiger partial charge in [-0.05, 0) is 52.7 Å². The maximum Gasteiger partial charge on any atom is 0.407 e. The van der Waals surface area contributed by atoms with Crippen LogP contribution in [0.25, 0.3) is 11.5 Å². The number of piperidine rings is 1. The molecule has 1 fully saturated rings. The average Bonchev–Trinajstić information content (AvgIpc) is 2.78. The number of hydrogen-bond donors (Lipinski definition) is 2. The Kier molecular flexibility index (Phi) is 8.61. The van der Waals surface area contributed by atoms with Crippen molar-refractivity contribution in [3.05, 3.63) is 30.5 Å². The standard InChI is InChI=1S/C24H34N6O4/c1-5-33-21(31)11-13-26-19-15-20(29-22(28-19)18-10-6-7-12-25-18)30-14-8-9-17(16-30)27-23(32)34-24(2,3)4/h6-7,10,12,15,17H,5,8-9,11,13-14,16H2,1-4H3,(H,27,32)(H,26,28,29). The minimum absolute atomic E-state index is 0.0583. The lowest BCUT2D eigenvalue weighted by molar-refractivity contribution is -0.142. The summed E-state index contributed by atoms with van der Waals surface area (Å²) in [6, 6.07) is 7.37. The molecule has 10 heteroatoms. The van der Waals surface area contributed by atoms with Gasteiger partial charge in [-0.3, -0.25) is 9.78 Å². The van der Waals surface area contributed by atoms with E-state index in [2.05, 4.69) is 25.5 Å². The zero-order valence-corrected chi connectivity index (χ0v) is 20.3. The van der Waals surface area contributed by atoms with E-state index in [4.69, 9.17) is 14.5 Å². The highest BCUT2D eigenvalue weighted by molar-refractivity contribution is 5.70. The van der Waals surface area contributed by atoms with Gasteiger partial charge in [0.25, 0.3) is 0 Å². The van der Waals surface area contributed by atoms with Crippen LogP contribution >= 0.6 is 0 Å². The summed E-state index contributed by atoms with van der Waals surface area (Å²) in [6.07, 6.45) is 3.27. The lowest BCUT2D eigenvalue weighted by atomic mass is 10.1. The van der Waals surface area contributed by atoms with Crippen molar-refractivity contribution < 1.29 is 19.1 Å².